The molecule has 0 aromatic heterocycles. The summed E-state index contributed by atoms with van der Waals surface area (Å²) in [5.41, 5.74) is 7.03. The summed E-state index contributed by atoms with van der Waals surface area (Å²) in [5.74, 6) is 0.994. The zero-order valence-corrected chi connectivity index (χ0v) is 9.28. The standard InChI is InChI=1S/C13H19NO/c1-10(14)9-11-5-7-13(8-6-11)15-12-3-2-4-12/h5-8,10,12H,2-4,9,14H2,1H3. The molecule has 1 unspecified atom stereocenters. The quantitative estimate of drug-likeness (QED) is 0.819. The number of benzene rings is 1. The highest BCUT2D eigenvalue weighted by Gasteiger charge is 2.18. The first-order valence-corrected chi connectivity index (χ1v) is 5.75. The molecule has 2 nitrogen and oxygen atoms in total. The Morgan fingerprint density at radius 1 is 1.33 bits per heavy atom. The molecule has 1 aromatic carbocycles. The minimum Gasteiger partial charge on any atom is -0.490 e. The molecular weight excluding hydrogens is 186 g/mol. The Balaban J connectivity index is 1.91. The number of hydrogen-bond acceptors (Lipinski definition) is 2. The first-order chi connectivity index (χ1) is 7.24. The Kier molecular flexibility index (Phi) is 3.27. The van der Waals surface area contributed by atoms with E-state index in [0.29, 0.717) is 6.10 Å². The van der Waals surface area contributed by atoms with Crippen molar-refractivity contribution in [3.05, 3.63) is 29.8 Å². The van der Waals surface area contributed by atoms with Gasteiger partial charge in [-0.1, -0.05) is 12.1 Å². The molecule has 1 atom stereocenters. The first-order valence-electron chi connectivity index (χ1n) is 5.75. The lowest BCUT2D eigenvalue weighted by Gasteiger charge is -2.26. The van der Waals surface area contributed by atoms with Gasteiger partial charge < -0.3 is 10.5 Å². The van der Waals surface area contributed by atoms with Crippen LogP contribution in [0.4, 0.5) is 0 Å². The molecule has 15 heavy (non-hydrogen) atoms. The molecule has 2 rings (SSSR count). The van der Waals surface area contributed by atoms with E-state index in [-0.39, 0.29) is 6.04 Å². The molecule has 0 bridgehead atoms. The van der Waals surface area contributed by atoms with E-state index < -0.39 is 0 Å². The van der Waals surface area contributed by atoms with Crippen LogP contribution in [0.1, 0.15) is 31.7 Å². The van der Waals surface area contributed by atoms with Crippen molar-refractivity contribution in [2.75, 3.05) is 0 Å². The van der Waals surface area contributed by atoms with Gasteiger partial charge in [0.15, 0.2) is 0 Å². The molecule has 82 valence electrons. The molecule has 0 spiro atoms. The van der Waals surface area contributed by atoms with E-state index in [4.69, 9.17) is 10.5 Å². The largest absolute Gasteiger partial charge is 0.490 e. The first kappa shape index (κ1) is 10.5. The Morgan fingerprint density at radius 3 is 2.47 bits per heavy atom. The third kappa shape index (κ3) is 2.96. The van der Waals surface area contributed by atoms with Crippen LogP contribution < -0.4 is 10.5 Å². The fourth-order valence-corrected chi connectivity index (χ4v) is 1.76. The van der Waals surface area contributed by atoms with E-state index in [9.17, 15) is 0 Å². The van der Waals surface area contributed by atoms with E-state index >= 15 is 0 Å². The maximum absolute atomic E-state index is 5.78. The fraction of sp³-hybridized carbons (Fsp3) is 0.538. The van der Waals surface area contributed by atoms with Crippen molar-refractivity contribution in [3.8, 4) is 5.75 Å². The average molecular weight is 205 g/mol. The van der Waals surface area contributed by atoms with E-state index in [1.54, 1.807) is 0 Å². The third-order valence-corrected chi connectivity index (χ3v) is 2.84. The van der Waals surface area contributed by atoms with Gasteiger partial charge in [0, 0.05) is 6.04 Å². The molecule has 0 aliphatic heterocycles. The van der Waals surface area contributed by atoms with Gasteiger partial charge in [0.05, 0.1) is 6.10 Å². The summed E-state index contributed by atoms with van der Waals surface area (Å²) in [7, 11) is 0. The second-order valence-electron chi connectivity index (χ2n) is 4.50. The minimum atomic E-state index is 0.225. The lowest BCUT2D eigenvalue weighted by Crippen LogP contribution is -2.24. The lowest BCUT2D eigenvalue weighted by atomic mass is 9.96. The molecule has 1 saturated carbocycles. The number of ether oxygens (including phenoxy) is 1. The van der Waals surface area contributed by atoms with E-state index in [1.165, 1.54) is 24.8 Å². The van der Waals surface area contributed by atoms with Gasteiger partial charge in [0.25, 0.3) is 0 Å². The highest BCUT2D eigenvalue weighted by molar-refractivity contribution is 5.28. The van der Waals surface area contributed by atoms with Crippen LogP contribution >= 0.6 is 0 Å². The molecule has 1 aliphatic carbocycles. The highest BCUT2D eigenvalue weighted by Crippen LogP contribution is 2.25. The topological polar surface area (TPSA) is 35.2 Å². The maximum atomic E-state index is 5.78. The summed E-state index contributed by atoms with van der Waals surface area (Å²) in [5, 5.41) is 0. The molecule has 0 heterocycles. The van der Waals surface area contributed by atoms with Crippen LogP contribution in [0.2, 0.25) is 0 Å². The van der Waals surface area contributed by atoms with Crippen molar-refractivity contribution in [2.45, 2.75) is 44.8 Å². The Morgan fingerprint density at radius 2 is 2.00 bits per heavy atom. The van der Waals surface area contributed by atoms with Gasteiger partial charge >= 0.3 is 0 Å². The molecular formula is C13H19NO. The number of hydrogen-bond donors (Lipinski definition) is 1. The predicted octanol–water partition coefficient (Wildman–Crippen LogP) is 2.51. The number of nitrogens with two attached hydrogens (primary N) is 1. The second kappa shape index (κ2) is 4.67. The third-order valence-electron chi connectivity index (χ3n) is 2.84. The van der Waals surface area contributed by atoms with Crippen molar-refractivity contribution < 1.29 is 4.74 Å². The summed E-state index contributed by atoms with van der Waals surface area (Å²) in [6.45, 7) is 2.03. The number of rotatable bonds is 4. The van der Waals surface area contributed by atoms with Gasteiger partial charge in [-0.15, -0.1) is 0 Å². The van der Waals surface area contributed by atoms with Crippen LogP contribution in [0, 0.1) is 0 Å². The van der Waals surface area contributed by atoms with Crippen molar-refractivity contribution >= 4 is 0 Å². The van der Waals surface area contributed by atoms with Crippen LogP contribution in [-0.2, 0) is 6.42 Å². The Hall–Kier alpha value is -1.02. The zero-order valence-electron chi connectivity index (χ0n) is 9.28. The van der Waals surface area contributed by atoms with Crippen molar-refractivity contribution in [1.82, 2.24) is 0 Å². The molecule has 1 fully saturated rings. The maximum Gasteiger partial charge on any atom is 0.119 e. The van der Waals surface area contributed by atoms with Crippen LogP contribution in [0.5, 0.6) is 5.75 Å². The zero-order chi connectivity index (χ0) is 10.7. The molecule has 2 heteroatoms. The van der Waals surface area contributed by atoms with Gasteiger partial charge in [-0.05, 0) is 50.3 Å². The van der Waals surface area contributed by atoms with Gasteiger partial charge in [0.2, 0.25) is 0 Å². The van der Waals surface area contributed by atoms with Crippen LogP contribution in [0.3, 0.4) is 0 Å². The SMILES string of the molecule is CC(N)Cc1ccc(OC2CCC2)cc1. The van der Waals surface area contributed by atoms with Crippen molar-refractivity contribution in [2.24, 2.45) is 5.73 Å². The van der Waals surface area contributed by atoms with Crippen LogP contribution in [-0.4, -0.2) is 12.1 Å². The highest BCUT2D eigenvalue weighted by atomic mass is 16.5. The normalized spacial score (nSPS) is 18.3. The minimum absolute atomic E-state index is 0.225. The molecule has 2 N–H and O–H groups in total. The summed E-state index contributed by atoms with van der Waals surface area (Å²) in [6.07, 6.45) is 5.13. The van der Waals surface area contributed by atoms with E-state index in [2.05, 4.69) is 24.3 Å². The summed E-state index contributed by atoms with van der Waals surface area (Å²) < 4.78 is 5.78. The fourth-order valence-electron chi connectivity index (χ4n) is 1.76. The van der Waals surface area contributed by atoms with Gasteiger partial charge in [-0.2, -0.15) is 0 Å². The van der Waals surface area contributed by atoms with E-state index in [1.807, 2.05) is 6.92 Å². The predicted molar refractivity (Wildman–Crippen MR) is 62.1 cm³/mol. The summed E-state index contributed by atoms with van der Waals surface area (Å²) >= 11 is 0. The molecule has 0 amide bonds. The molecule has 1 aromatic rings. The van der Waals surface area contributed by atoms with Gasteiger partial charge in [0.1, 0.15) is 5.75 Å². The molecule has 1 aliphatic rings. The van der Waals surface area contributed by atoms with Gasteiger partial charge in [-0.3, -0.25) is 0 Å². The smallest absolute Gasteiger partial charge is 0.119 e. The van der Waals surface area contributed by atoms with E-state index in [0.717, 1.165) is 12.2 Å². The van der Waals surface area contributed by atoms with Crippen LogP contribution in [0.15, 0.2) is 24.3 Å². The Labute approximate surface area is 91.4 Å². The lowest BCUT2D eigenvalue weighted by molar-refractivity contribution is 0.120. The average Bonchev–Trinajstić information content (AvgIpc) is 2.13. The molecule has 0 saturated heterocycles. The summed E-state index contributed by atoms with van der Waals surface area (Å²) in [6, 6.07) is 8.55. The monoisotopic (exact) mass is 205 g/mol. The Bertz CT molecular complexity index is 301. The van der Waals surface area contributed by atoms with Crippen LogP contribution in [0.25, 0.3) is 0 Å². The van der Waals surface area contributed by atoms with Crippen molar-refractivity contribution in [3.63, 3.8) is 0 Å². The van der Waals surface area contributed by atoms with Crippen molar-refractivity contribution in [1.29, 1.82) is 0 Å². The summed E-state index contributed by atoms with van der Waals surface area (Å²) in [4.78, 5) is 0. The second-order valence-corrected chi connectivity index (χ2v) is 4.50. The van der Waals surface area contributed by atoms with Gasteiger partial charge in [-0.25, -0.2) is 0 Å². The molecule has 0 radical (unpaired) electrons.